The number of carboxylic acid groups (broad SMARTS) is 1. The highest BCUT2D eigenvalue weighted by atomic mass is 32.1. The fraction of sp³-hybridized carbons (Fsp3) is 0.160. The summed E-state index contributed by atoms with van der Waals surface area (Å²) in [4.78, 5) is 29.0. The molecule has 1 heterocycles. The van der Waals surface area contributed by atoms with Crippen molar-refractivity contribution < 1.29 is 14.7 Å². The first-order chi connectivity index (χ1) is 15.0. The summed E-state index contributed by atoms with van der Waals surface area (Å²) in [6.07, 6.45) is 1.02. The first-order valence-electron chi connectivity index (χ1n) is 10.0. The Morgan fingerprint density at radius 3 is 2.52 bits per heavy atom. The van der Waals surface area contributed by atoms with Crippen LogP contribution in [0.25, 0.3) is 10.8 Å². The van der Waals surface area contributed by atoms with Gasteiger partial charge in [0.2, 0.25) is 5.91 Å². The third-order valence-corrected chi connectivity index (χ3v) is 6.33. The highest BCUT2D eigenvalue weighted by Crippen LogP contribution is 2.25. The molecule has 4 aromatic rings. The predicted octanol–water partition coefficient (Wildman–Crippen LogP) is 4.75. The van der Waals surface area contributed by atoms with Crippen molar-refractivity contribution >= 4 is 34.0 Å². The zero-order valence-corrected chi connectivity index (χ0v) is 17.9. The summed E-state index contributed by atoms with van der Waals surface area (Å²) in [5.41, 5.74) is 3.21. The van der Waals surface area contributed by atoms with Crippen LogP contribution in [0.5, 0.6) is 0 Å². The smallest absolute Gasteiger partial charge is 0.335 e. The third kappa shape index (κ3) is 4.98. The number of nitrogens with one attached hydrogen (secondary N) is 1. The lowest BCUT2D eigenvalue weighted by Crippen LogP contribution is -2.24. The normalized spacial score (nSPS) is 10.9. The van der Waals surface area contributed by atoms with Crippen LogP contribution in [0.2, 0.25) is 0 Å². The fourth-order valence-corrected chi connectivity index (χ4v) is 4.60. The molecule has 0 aliphatic rings. The van der Waals surface area contributed by atoms with E-state index in [1.54, 1.807) is 23.5 Å². The number of carboxylic acids is 1. The van der Waals surface area contributed by atoms with E-state index in [1.807, 2.05) is 19.1 Å². The van der Waals surface area contributed by atoms with E-state index in [0.717, 1.165) is 27.6 Å². The van der Waals surface area contributed by atoms with E-state index in [4.69, 9.17) is 10.1 Å². The molecule has 4 rings (SSSR count). The first kappa shape index (κ1) is 20.8. The van der Waals surface area contributed by atoms with Crippen LogP contribution in [0.15, 0.2) is 66.7 Å². The van der Waals surface area contributed by atoms with Gasteiger partial charge < -0.3 is 10.4 Å². The van der Waals surface area contributed by atoms with Crippen molar-refractivity contribution in [2.24, 2.45) is 0 Å². The number of hydrogen-bond donors (Lipinski definition) is 2. The molecule has 0 atom stereocenters. The van der Waals surface area contributed by atoms with E-state index in [-0.39, 0.29) is 17.9 Å². The van der Waals surface area contributed by atoms with Crippen LogP contribution in [0.3, 0.4) is 0 Å². The molecule has 0 saturated heterocycles. The van der Waals surface area contributed by atoms with Crippen molar-refractivity contribution in [3.05, 3.63) is 99.0 Å². The van der Waals surface area contributed by atoms with Gasteiger partial charge in [-0.2, -0.15) is 0 Å². The minimum absolute atomic E-state index is 0.0780. The molecular weight excluding hydrogens is 408 g/mol. The molecule has 31 heavy (non-hydrogen) atoms. The number of fused-ring (bicyclic) bond motifs is 1. The minimum Gasteiger partial charge on any atom is -0.478 e. The Kier molecular flexibility index (Phi) is 6.09. The van der Waals surface area contributed by atoms with Gasteiger partial charge in [0, 0.05) is 17.8 Å². The average Bonchev–Trinajstić information content (AvgIpc) is 3.11. The number of benzene rings is 3. The molecule has 0 spiro atoms. The zero-order valence-electron chi connectivity index (χ0n) is 17.1. The third-order valence-electron chi connectivity index (χ3n) is 5.17. The molecule has 0 fully saturated rings. The van der Waals surface area contributed by atoms with Gasteiger partial charge in [-0.25, -0.2) is 9.78 Å². The van der Waals surface area contributed by atoms with Gasteiger partial charge in [0.25, 0.3) is 0 Å². The van der Waals surface area contributed by atoms with E-state index in [0.29, 0.717) is 6.54 Å². The van der Waals surface area contributed by atoms with Crippen molar-refractivity contribution in [2.75, 3.05) is 0 Å². The average molecular weight is 431 g/mol. The summed E-state index contributed by atoms with van der Waals surface area (Å²) in [5.74, 6) is -1.04. The second-order valence-corrected chi connectivity index (χ2v) is 8.55. The van der Waals surface area contributed by atoms with Crippen molar-refractivity contribution in [1.29, 1.82) is 0 Å². The summed E-state index contributed by atoms with van der Waals surface area (Å²) in [5, 5.41) is 15.3. The van der Waals surface area contributed by atoms with Gasteiger partial charge in [0.05, 0.1) is 22.7 Å². The molecule has 0 bridgehead atoms. The van der Waals surface area contributed by atoms with Crippen LogP contribution in [-0.2, 0) is 24.2 Å². The highest BCUT2D eigenvalue weighted by molar-refractivity contribution is 7.11. The van der Waals surface area contributed by atoms with Crippen LogP contribution in [0.4, 0.5) is 0 Å². The second-order valence-electron chi connectivity index (χ2n) is 7.39. The lowest BCUT2D eigenvalue weighted by molar-refractivity contribution is -0.120. The Morgan fingerprint density at radius 1 is 1.00 bits per heavy atom. The fourth-order valence-electron chi connectivity index (χ4n) is 3.51. The lowest BCUT2D eigenvalue weighted by Gasteiger charge is -2.05. The topological polar surface area (TPSA) is 79.3 Å². The molecule has 3 aromatic carbocycles. The van der Waals surface area contributed by atoms with Gasteiger partial charge in [-0.1, -0.05) is 54.6 Å². The van der Waals surface area contributed by atoms with Gasteiger partial charge >= 0.3 is 5.97 Å². The number of thiazole rings is 1. The molecule has 1 aromatic heterocycles. The largest absolute Gasteiger partial charge is 0.478 e. The van der Waals surface area contributed by atoms with E-state index in [2.05, 4.69) is 35.6 Å². The predicted molar refractivity (Wildman–Crippen MR) is 123 cm³/mol. The molecule has 0 unspecified atom stereocenters. The van der Waals surface area contributed by atoms with Crippen LogP contribution in [-0.4, -0.2) is 22.0 Å². The molecule has 0 radical (unpaired) electrons. The minimum atomic E-state index is -0.962. The number of nitrogens with zero attached hydrogens (tertiary/aromatic N) is 1. The molecule has 0 aliphatic heterocycles. The molecule has 5 nitrogen and oxygen atoms in total. The first-order valence-corrected chi connectivity index (χ1v) is 10.8. The summed E-state index contributed by atoms with van der Waals surface area (Å²) in [6.45, 7) is 2.30. The van der Waals surface area contributed by atoms with Crippen molar-refractivity contribution in [3.8, 4) is 0 Å². The number of hydrogen-bond acceptors (Lipinski definition) is 4. The van der Waals surface area contributed by atoms with Gasteiger partial charge in [0.15, 0.2) is 0 Å². The van der Waals surface area contributed by atoms with Crippen LogP contribution < -0.4 is 5.32 Å². The van der Waals surface area contributed by atoms with Gasteiger partial charge in [-0.05, 0) is 41.0 Å². The summed E-state index contributed by atoms with van der Waals surface area (Å²) >= 11 is 1.58. The SMILES string of the molecule is Cc1nc(Cc2cccc3ccccc23)sc1CC(=O)NCc1ccc(C(=O)O)cc1. The quantitative estimate of drug-likeness (QED) is 0.443. The number of carbonyl (C=O) groups excluding carboxylic acids is 1. The summed E-state index contributed by atoms with van der Waals surface area (Å²) in [6, 6.07) is 21.1. The highest BCUT2D eigenvalue weighted by Gasteiger charge is 2.13. The van der Waals surface area contributed by atoms with Crippen molar-refractivity contribution in [3.63, 3.8) is 0 Å². The second kappa shape index (κ2) is 9.10. The maximum Gasteiger partial charge on any atom is 0.335 e. The number of amides is 1. The summed E-state index contributed by atoms with van der Waals surface area (Å²) in [7, 11) is 0. The lowest BCUT2D eigenvalue weighted by atomic mass is 10.0. The number of aryl methyl sites for hydroxylation is 1. The summed E-state index contributed by atoms with van der Waals surface area (Å²) < 4.78 is 0. The van der Waals surface area contributed by atoms with Crippen molar-refractivity contribution in [2.45, 2.75) is 26.3 Å². The Morgan fingerprint density at radius 2 is 1.74 bits per heavy atom. The number of aromatic carboxylic acids is 1. The van der Waals surface area contributed by atoms with Crippen molar-refractivity contribution in [1.82, 2.24) is 10.3 Å². The van der Waals surface area contributed by atoms with E-state index >= 15 is 0 Å². The van der Waals surface area contributed by atoms with Gasteiger partial charge in [0.1, 0.15) is 0 Å². The van der Waals surface area contributed by atoms with Gasteiger partial charge in [-0.15, -0.1) is 11.3 Å². The molecule has 6 heteroatoms. The van der Waals surface area contributed by atoms with E-state index in [1.165, 1.54) is 28.5 Å². The number of carbonyl (C=O) groups is 2. The molecule has 2 N–H and O–H groups in total. The zero-order chi connectivity index (χ0) is 21.8. The molecule has 0 aliphatic carbocycles. The van der Waals surface area contributed by atoms with E-state index in [9.17, 15) is 9.59 Å². The maximum atomic E-state index is 12.4. The van der Waals surface area contributed by atoms with Crippen LogP contribution in [0, 0.1) is 6.92 Å². The van der Waals surface area contributed by atoms with E-state index < -0.39 is 5.97 Å². The molecular formula is C25H22N2O3S. The Hall–Kier alpha value is -3.51. The molecule has 1 amide bonds. The van der Waals surface area contributed by atoms with Crippen LogP contribution in [0.1, 0.15) is 37.1 Å². The number of rotatable bonds is 7. The van der Waals surface area contributed by atoms with Crippen LogP contribution >= 0.6 is 11.3 Å². The maximum absolute atomic E-state index is 12.4. The standard InChI is InChI=1S/C25H22N2O3S/c1-16-22(14-23(28)26-15-17-9-11-19(12-10-17)25(29)30)31-24(27-16)13-20-7-4-6-18-5-2-3-8-21(18)20/h2-12H,13-15H2,1H3,(H,26,28)(H,29,30). The Labute approximate surface area is 184 Å². The monoisotopic (exact) mass is 430 g/mol. The Bertz CT molecular complexity index is 1240. The number of aromatic nitrogens is 1. The molecule has 0 saturated carbocycles. The van der Waals surface area contributed by atoms with Gasteiger partial charge in [-0.3, -0.25) is 4.79 Å². The Balaban J connectivity index is 1.39. The molecule has 156 valence electrons.